The van der Waals surface area contributed by atoms with E-state index in [1.54, 1.807) is 18.6 Å². The van der Waals surface area contributed by atoms with Gasteiger partial charge in [-0.3, -0.25) is 9.69 Å². The molecule has 0 amide bonds. The molecule has 1 aliphatic heterocycles. The number of rotatable bonds is 3. The van der Waals surface area contributed by atoms with E-state index in [4.69, 9.17) is 13.6 Å². The molecule has 28 heavy (non-hydrogen) atoms. The summed E-state index contributed by atoms with van der Waals surface area (Å²) in [6.07, 6.45) is 3.20. The van der Waals surface area contributed by atoms with Crippen molar-refractivity contribution in [1.29, 1.82) is 0 Å². The molecule has 0 aliphatic carbocycles. The van der Waals surface area contributed by atoms with E-state index in [0.717, 1.165) is 27.1 Å². The molecule has 6 heteroatoms. The number of hydrogen-bond acceptors (Lipinski definition) is 5. The molecule has 0 bridgehead atoms. The maximum Gasteiger partial charge on any atom is 0.200 e. The molecule has 5 rings (SSSR count). The predicted octanol–water partition coefficient (Wildman–Crippen LogP) is 5.17. The van der Waals surface area contributed by atoms with Crippen molar-refractivity contribution in [2.45, 2.75) is 13.1 Å². The summed E-state index contributed by atoms with van der Waals surface area (Å²) < 4.78 is 18.2. The van der Waals surface area contributed by atoms with E-state index in [1.165, 1.54) is 0 Å². The highest BCUT2D eigenvalue weighted by atomic mass is 79.9. The van der Waals surface area contributed by atoms with E-state index >= 15 is 0 Å². The Hall–Kier alpha value is -2.83. The van der Waals surface area contributed by atoms with E-state index in [0.29, 0.717) is 36.4 Å². The lowest BCUT2D eigenvalue weighted by molar-refractivity contribution is 0.0826. The van der Waals surface area contributed by atoms with Gasteiger partial charge in [-0.05, 0) is 42.0 Å². The molecule has 4 aromatic rings. The third kappa shape index (κ3) is 3.04. The Kier molecular flexibility index (Phi) is 4.30. The van der Waals surface area contributed by atoms with Crippen molar-refractivity contribution < 1.29 is 13.6 Å². The minimum absolute atomic E-state index is 0.0467. The van der Waals surface area contributed by atoms with E-state index in [9.17, 15) is 4.79 Å². The molecule has 0 fully saturated rings. The van der Waals surface area contributed by atoms with E-state index in [-0.39, 0.29) is 5.43 Å². The first-order chi connectivity index (χ1) is 13.7. The lowest BCUT2D eigenvalue weighted by Crippen LogP contribution is -2.31. The first kappa shape index (κ1) is 17.3. The average Bonchev–Trinajstić information content (AvgIpc) is 3.22. The Morgan fingerprint density at radius 3 is 2.68 bits per heavy atom. The summed E-state index contributed by atoms with van der Waals surface area (Å²) in [5.41, 5.74) is 2.79. The second-order valence-corrected chi connectivity index (χ2v) is 7.66. The standard InChI is InChI=1S/C22H16BrNO4/c23-15-5-3-14(4-6-15)19-12-27-22-17(21(19)25)7-8-20-18(22)11-24(13-28-20)10-16-2-1-9-26-16/h1-9,12H,10-11,13H2. The number of halogens is 1. The molecule has 0 atom stereocenters. The molecule has 0 spiro atoms. The molecule has 0 saturated carbocycles. The molecule has 140 valence electrons. The van der Waals surface area contributed by atoms with Crippen molar-refractivity contribution in [3.63, 3.8) is 0 Å². The van der Waals surface area contributed by atoms with Crippen molar-refractivity contribution >= 4 is 26.9 Å². The first-order valence-corrected chi connectivity index (χ1v) is 9.69. The number of nitrogens with zero attached hydrogens (tertiary/aromatic N) is 1. The van der Waals surface area contributed by atoms with Gasteiger partial charge in [0.1, 0.15) is 30.1 Å². The maximum atomic E-state index is 13.1. The summed E-state index contributed by atoms with van der Waals surface area (Å²) in [4.78, 5) is 15.2. The Morgan fingerprint density at radius 1 is 1.04 bits per heavy atom. The number of fused-ring (bicyclic) bond motifs is 3. The highest BCUT2D eigenvalue weighted by molar-refractivity contribution is 9.10. The van der Waals surface area contributed by atoms with Gasteiger partial charge in [-0.15, -0.1) is 0 Å². The minimum Gasteiger partial charge on any atom is -0.478 e. The van der Waals surface area contributed by atoms with E-state index < -0.39 is 0 Å². The second-order valence-electron chi connectivity index (χ2n) is 6.74. The van der Waals surface area contributed by atoms with Crippen LogP contribution in [0.1, 0.15) is 11.3 Å². The molecule has 2 aromatic carbocycles. The number of ether oxygens (including phenoxy) is 1. The fourth-order valence-electron chi connectivity index (χ4n) is 3.51. The maximum absolute atomic E-state index is 13.1. The van der Waals surface area contributed by atoms with Crippen molar-refractivity contribution in [3.05, 3.63) is 87.1 Å². The quantitative estimate of drug-likeness (QED) is 0.442. The molecule has 3 heterocycles. The Labute approximate surface area is 169 Å². The van der Waals surface area contributed by atoms with Crippen LogP contribution in [-0.2, 0) is 13.1 Å². The summed E-state index contributed by atoms with van der Waals surface area (Å²) in [7, 11) is 0. The van der Waals surface area contributed by atoms with Gasteiger partial charge < -0.3 is 13.6 Å². The van der Waals surface area contributed by atoms with Gasteiger partial charge >= 0.3 is 0 Å². The molecule has 5 nitrogen and oxygen atoms in total. The second kappa shape index (κ2) is 6.96. The summed E-state index contributed by atoms with van der Waals surface area (Å²) in [5, 5.41) is 0.558. The molecule has 0 saturated heterocycles. The Balaban J connectivity index is 1.55. The van der Waals surface area contributed by atoms with Crippen LogP contribution in [0, 0.1) is 0 Å². The fraction of sp³-hybridized carbons (Fsp3) is 0.136. The van der Waals surface area contributed by atoms with Crippen LogP contribution < -0.4 is 10.2 Å². The molecule has 0 radical (unpaired) electrons. The van der Waals surface area contributed by atoms with Crippen LogP contribution >= 0.6 is 15.9 Å². The van der Waals surface area contributed by atoms with Crippen LogP contribution in [-0.4, -0.2) is 11.6 Å². The smallest absolute Gasteiger partial charge is 0.200 e. The van der Waals surface area contributed by atoms with Gasteiger partial charge in [0, 0.05) is 11.0 Å². The third-order valence-electron chi connectivity index (χ3n) is 4.90. The highest BCUT2D eigenvalue weighted by Gasteiger charge is 2.23. The van der Waals surface area contributed by atoms with Crippen LogP contribution in [0.5, 0.6) is 5.75 Å². The van der Waals surface area contributed by atoms with Gasteiger partial charge in [-0.25, -0.2) is 0 Å². The summed E-state index contributed by atoms with van der Waals surface area (Å²) in [5.74, 6) is 1.62. The lowest BCUT2D eigenvalue weighted by Gasteiger charge is -2.28. The Morgan fingerprint density at radius 2 is 1.89 bits per heavy atom. The zero-order valence-corrected chi connectivity index (χ0v) is 16.4. The van der Waals surface area contributed by atoms with Gasteiger partial charge in [-0.2, -0.15) is 0 Å². The number of benzene rings is 2. The minimum atomic E-state index is -0.0467. The largest absolute Gasteiger partial charge is 0.478 e. The van der Waals surface area contributed by atoms with Gasteiger partial charge in [0.05, 0.1) is 29.3 Å². The van der Waals surface area contributed by atoms with Crippen LogP contribution in [0.4, 0.5) is 0 Å². The summed E-state index contributed by atoms with van der Waals surface area (Å²) in [6.45, 7) is 1.71. The SMILES string of the molecule is O=c1c(-c2ccc(Br)cc2)coc2c3c(ccc12)OCN(Cc1ccco1)C3. The zero-order chi connectivity index (χ0) is 19.1. The third-order valence-corrected chi connectivity index (χ3v) is 5.43. The van der Waals surface area contributed by atoms with Gasteiger partial charge in [0.2, 0.25) is 5.43 Å². The topological polar surface area (TPSA) is 55.8 Å². The van der Waals surface area contributed by atoms with Gasteiger partial charge in [0.15, 0.2) is 0 Å². The lowest BCUT2D eigenvalue weighted by atomic mass is 10.0. The number of furan rings is 1. The van der Waals surface area contributed by atoms with Crippen molar-refractivity contribution in [2.75, 3.05) is 6.73 Å². The summed E-state index contributed by atoms with van der Waals surface area (Å²) >= 11 is 3.42. The fourth-order valence-corrected chi connectivity index (χ4v) is 3.77. The molecule has 0 N–H and O–H groups in total. The first-order valence-electron chi connectivity index (χ1n) is 8.90. The number of hydrogen-bond donors (Lipinski definition) is 0. The van der Waals surface area contributed by atoms with E-state index in [1.807, 2.05) is 42.5 Å². The molecule has 2 aromatic heterocycles. The van der Waals surface area contributed by atoms with Crippen molar-refractivity contribution in [2.24, 2.45) is 0 Å². The van der Waals surface area contributed by atoms with Crippen LogP contribution in [0.3, 0.4) is 0 Å². The van der Waals surface area contributed by atoms with Gasteiger partial charge in [0.25, 0.3) is 0 Å². The summed E-state index contributed by atoms with van der Waals surface area (Å²) in [6, 6.07) is 15.0. The molecular weight excluding hydrogens is 422 g/mol. The molecule has 0 unspecified atom stereocenters. The van der Waals surface area contributed by atoms with Gasteiger partial charge in [-0.1, -0.05) is 28.1 Å². The predicted molar refractivity (Wildman–Crippen MR) is 109 cm³/mol. The van der Waals surface area contributed by atoms with E-state index in [2.05, 4.69) is 20.8 Å². The molecule has 1 aliphatic rings. The van der Waals surface area contributed by atoms with Crippen LogP contribution in [0.2, 0.25) is 0 Å². The zero-order valence-electron chi connectivity index (χ0n) is 14.9. The molecular formula is C22H16BrNO4. The van der Waals surface area contributed by atoms with Crippen molar-refractivity contribution in [1.82, 2.24) is 4.90 Å². The highest BCUT2D eigenvalue weighted by Crippen LogP contribution is 2.33. The normalized spacial score (nSPS) is 14.0. The monoisotopic (exact) mass is 437 g/mol. The van der Waals surface area contributed by atoms with Crippen molar-refractivity contribution in [3.8, 4) is 16.9 Å². The van der Waals surface area contributed by atoms with Crippen LogP contribution in [0.15, 0.2) is 79.2 Å². The van der Waals surface area contributed by atoms with Crippen LogP contribution in [0.25, 0.3) is 22.1 Å². The average molecular weight is 438 g/mol. The Bertz CT molecular complexity index is 1200.